The molecule has 1 aliphatic heterocycles. The van der Waals surface area contributed by atoms with E-state index in [1.807, 2.05) is 4.90 Å². The first-order chi connectivity index (χ1) is 6.34. The van der Waals surface area contributed by atoms with E-state index in [2.05, 4.69) is 0 Å². The number of carbonyl (C=O) groups excluding carboxylic acids is 1. The summed E-state index contributed by atoms with van der Waals surface area (Å²) in [5.41, 5.74) is 0. The van der Waals surface area contributed by atoms with E-state index >= 15 is 0 Å². The Kier molecular flexibility index (Phi) is 4.83. The molecule has 0 aromatic carbocycles. The maximum atomic E-state index is 11.5. The molecule has 0 bridgehead atoms. The van der Waals surface area contributed by atoms with Crippen LogP contribution in [0.2, 0.25) is 0 Å². The van der Waals surface area contributed by atoms with Crippen molar-refractivity contribution in [3.05, 3.63) is 0 Å². The van der Waals surface area contributed by atoms with Crippen LogP contribution in [0.5, 0.6) is 0 Å². The van der Waals surface area contributed by atoms with Crippen LogP contribution < -0.4 is 0 Å². The average molecular weight is 185 g/mol. The van der Waals surface area contributed by atoms with Gasteiger partial charge >= 0.3 is 0 Å². The second-order valence-electron chi connectivity index (χ2n) is 3.58. The Hall–Kier alpha value is -0.570. The molecule has 0 aromatic rings. The topological polar surface area (TPSA) is 29.5 Å². The van der Waals surface area contributed by atoms with Crippen LogP contribution in [-0.2, 0) is 9.53 Å². The van der Waals surface area contributed by atoms with Crippen LogP contribution in [0.1, 0.15) is 32.1 Å². The van der Waals surface area contributed by atoms with E-state index in [0.29, 0.717) is 0 Å². The highest BCUT2D eigenvalue weighted by Crippen LogP contribution is 2.10. The monoisotopic (exact) mass is 185 g/mol. The third-order valence-corrected chi connectivity index (χ3v) is 2.48. The summed E-state index contributed by atoms with van der Waals surface area (Å²) < 4.78 is 4.84. The van der Waals surface area contributed by atoms with Gasteiger partial charge in [-0.05, 0) is 12.8 Å². The maximum absolute atomic E-state index is 11.5. The molecule has 13 heavy (non-hydrogen) atoms. The Morgan fingerprint density at radius 2 is 1.69 bits per heavy atom. The molecule has 1 amide bonds. The highest BCUT2D eigenvalue weighted by Gasteiger charge is 2.13. The first-order valence-corrected chi connectivity index (χ1v) is 5.11. The predicted molar refractivity (Wildman–Crippen MR) is 51.5 cm³/mol. The molecule has 3 nitrogen and oxygen atoms in total. The van der Waals surface area contributed by atoms with Crippen LogP contribution >= 0.6 is 0 Å². The van der Waals surface area contributed by atoms with Crippen molar-refractivity contribution in [3.8, 4) is 0 Å². The molecule has 0 aliphatic carbocycles. The molecule has 0 atom stereocenters. The van der Waals surface area contributed by atoms with Crippen LogP contribution in [-0.4, -0.2) is 37.6 Å². The van der Waals surface area contributed by atoms with Gasteiger partial charge in [-0.3, -0.25) is 4.79 Å². The standard InChI is InChI=1S/C10H19NO2/c1-13-9-10(12)11-7-5-3-2-4-6-8-11/h2-9H2,1H3. The normalized spacial score (nSPS) is 19.3. The van der Waals surface area contributed by atoms with E-state index in [0.717, 1.165) is 25.9 Å². The van der Waals surface area contributed by atoms with Gasteiger partial charge < -0.3 is 9.64 Å². The van der Waals surface area contributed by atoms with Gasteiger partial charge in [-0.2, -0.15) is 0 Å². The lowest BCUT2D eigenvalue weighted by molar-refractivity contribution is -0.135. The first kappa shape index (κ1) is 10.5. The Balaban J connectivity index is 2.32. The molecule has 1 fully saturated rings. The fourth-order valence-corrected chi connectivity index (χ4v) is 1.71. The number of carbonyl (C=O) groups is 1. The van der Waals surface area contributed by atoms with Crippen molar-refractivity contribution in [2.45, 2.75) is 32.1 Å². The molecule has 1 heterocycles. The lowest BCUT2D eigenvalue weighted by Crippen LogP contribution is -2.36. The van der Waals surface area contributed by atoms with Gasteiger partial charge in [0.05, 0.1) is 0 Å². The third-order valence-electron chi connectivity index (χ3n) is 2.48. The van der Waals surface area contributed by atoms with Crippen molar-refractivity contribution in [2.75, 3.05) is 26.8 Å². The number of hydrogen-bond donors (Lipinski definition) is 0. The quantitative estimate of drug-likeness (QED) is 0.651. The largest absolute Gasteiger partial charge is 0.375 e. The smallest absolute Gasteiger partial charge is 0.248 e. The average Bonchev–Trinajstić information content (AvgIpc) is 2.03. The zero-order chi connectivity index (χ0) is 9.52. The summed E-state index contributed by atoms with van der Waals surface area (Å²) in [6.45, 7) is 2.07. The third kappa shape index (κ3) is 3.77. The zero-order valence-corrected chi connectivity index (χ0v) is 8.42. The van der Waals surface area contributed by atoms with Crippen LogP contribution in [0.15, 0.2) is 0 Å². The second-order valence-corrected chi connectivity index (χ2v) is 3.58. The molecule has 0 aromatic heterocycles. The van der Waals surface area contributed by atoms with E-state index in [1.165, 1.54) is 19.3 Å². The SMILES string of the molecule is COCC(=O)N1CCCCCCC1. The molecule has 76 valence electrons. The second kappa shape index (κ2) is 5.97. The number of nitrogens with zero attached hydrogens (tertiary/aromatic N) is 1. The van der Waals surface area contributed by atoms with Crippen molar-refractivity contribution < 1.29 is 9.53 Å². The molecule has 0 spiro atoms. The number of ether oxygens (including phenoxy) is 1. The number of amides is 1. The summed E-state index contributed by atoms with van der Waals surface area (Å²) in [7, 11) is 1.57. The molecule has 0 radical (unpaired) electrons. The molecule has 0 unspecified atom stereocenters. The number of methoxy groups -OCH3 is 1. The van der Waals surface area contributed by atoms with E-state index in [1.54, 1.807) is 7.11 Å². The minimum absolute atomic E-state index is 0.143. The molecule has 0 N–H and O–H groups in total. The Labute approximate surface area is 80.1 Å². The van der Waals surface area contributed by atoms with Crippen molar-refractivity contribution in [3.63, 3.8) is 0 Å². The summed E-state index contributed by atoms with van der Waals surface area (Å²) in [5, 5.41) is 0. The first-order valence-electron chi connectivity index (χ1n) is 5.11. The van der Waals surface area contributed by atoms with E-state index < -0.39 is 0 Å². The van der Waals surface area contributed by atoms with Crippen molar-refractivity contribution >= 4 is 5.91 Å². The number of rotatable bonds is 2. The molecular formula is C10H19NO2. The van der Waals surface area contributed by atoms with Gasteiger partial charge in [-0.25, -0.2) is 0 Å². The molecule has 0 saturated carbocycles. The van der Waals surface area contributed by atoms with E-state index in [9.17, 15) is 4.79 Å². The van der Waals surface area contributed by atoms with Gasteiger partial charge in [0.1, 0.15) is 6.61 Å². The van der Waals surface area contributed by atoms with Gasteiger partial charge in [0, 0.05) is 20.2 Å². The minimum atomic E-state index is 0.143. The van der Waals surface area contributed by atoms with Crippen LogP contribution in [0.4, 0.5) is 0 Å². The molecular weight excluding hydrogens is 166 g/mol. The van der Waals surface area contributed by atoms with Gasteiger partial charge in [0.15, 0.2) is 0 Å². The van der Waals surface area contributed by atoms with Crippen LogP contribution in [0.25, 0.3) is 0 Å². The summed E-state index contributed by atoms with van der Waals surface area (Å²) >= 11 is 0. The predicted octanol–water partition coefficient (Wildman–Crippen LogP) is 1.43. The summed E-state index contributed by atoms with van der Waals surface area (Å²) in [5.74, 6) is 0.143. The van der Waals surface area contributed by atoms with Crippen molar-refractivity contribution in [1.29, 1.82) is 0 Å². The fourth-order valence-electron chi connectivity index (χ4n) is 1.71. The van der Waals surface area contributed by atoms with E-state index in [-0.39, 0.29) is 12.5 Å². The lowest BCUT2D eigenvalue weighted by Gasteiger charge is -2.24. The molecule has 3 heteroatoms. The van der Waals surface area contributed by atoms with Gasteiger partial charge in [0.25, 0.3) is 0 Å². The number of likely N-dealkylation sites (tertiary alicyclic amines) is 1. The summed E-state index contributed by atoms with van der Waals surface area (Å²) in [6, 6.07) is 0. The van der Waals surface area contributed by atoms with Crippen LogP contribution in [0.3, 0.4) is 0 Å². The maximum Gasteiger partial charge on any atom is 0.248 e. The Morgan fingerprint density at radius 3 is 2.23 bits per heavy atom. The molecule has 1 rings (SSSR count). The van der Waals surface area contributed by atoms with Crippen molar-refractivity contribution in [2.24, 2.45) is 0 Å². The van der Waals surface area contributed by atoms with Gasteiger partial charge in [-0.1, -0.05) is 19.3 Å². The Bertz CT molecular complexity index is 151. The van der Waals surface area contributed by atoms with E-state index in [4.69, 9.17) is 4.74 Å². The van der Waals surface area contributed by atoms with Crippen LogP contribution in [0, 0.1) is 0 Å². The zero-order valence-electron chi connectivity index (χ0n) is 8.42. The molecule has 1 saturated heterocycles. The summed E-state index contributed by atoms with van der Waals surface area (Å²) in [4.78, 5) is 13.4. The van der Waals surface area contributed by atoms with Gasteiger partial charge in [0.2, 0.25) is 5.91 Å². The molecule has 1 aliphatic rings. The fraction of sp³-hybridized carbons (Fsp3) is 0.900. The highest BCUT2D eigenvalue weighted by atomic mass is 16.5. The summed E-state index contributed by atoms with van der Waals surface area (Å²) in [6.07, 6.45) is 6.14. The highest BCUT2D eigenvalue weighted by molar-refractivity contribution is 5.77. The van der Waals surface area contributed by atoms with Gasteiger partial charge in [-0.15, -0.1) is 0 Å². The number of hydrogen-bond acceptors (Lipinski definition) is 2. The minimum Gasteiger partial charge on any atom is -0.375 e. The Morgan fingerprint density at radius 1 is 1.15 bits per heavy atom. The van der Waals surface area contributed by atoms with Crippen molar-refractivity contribution in [1.82, 2.24) is 4.90 Å². The lowest BCUT2D eigenvalue weighted by atomic mass is 10.1.